The number of likely N-dealkylation sites (tertiary alicyclic amines) is 1. The summed E-state index contributed by atoms with van der Waals surface area (Å²) in [4.78, 5) is 19.2. The normalized spacial score (nSPS) is 19.8. The van der Waals surface area contributed by atoms with Crippen molar-refractivity contribution in [2.75, 3.05) is 44.2 Å². The second kappa shape index (κ2) is 11.9. The van der Waals surface area contributed by atoms with Crippen molar-refractivity contribution in [2.24, 2.45) is 5.92 Å². The van der Waals surface area contributed by atoms with E-state index in [0.29, 0.717) is 32.1 Å². The Morgan fingerprint density at radius 1 is 1.00 bits per heavy atom. The maximum atomic E-state index is 12.8. The molecule has 2 amide bonds. The average Bonchev–Trinajstić information content (AvgIpc) is 2.85. The summed E-state index contributed by atoms with van der Waals surface area (Å²) >= 11 is 0. The van der Waals surface area contributed by atoms with E-state index in [9.17, 15) is 18.0 Å². The van der Waals surface area contributed by atoms with Crippen LogP contribution < -0.4 is 15.0 Å². The van der Waals surface area contributed by atoms with Crippen molar-refractivity contribution in [1.82, 2.24) is 15.1 Å². The first-order valence-corrected chi connectivity index (χ1v) is 12.7. The highest BCUT2D eigenvalue weighted by Crippen LogP contribution is 2.27. The van der Waals surface area contributed by atoms with Crippen molar-refractivity contribution in [2.45, 2.75) is 45.1 Å². The monoisotopic (exact) mass is 504 g/mol. The van der Waals surface area contributed by atoms with Crippen molar-refractivity contribution < 1.29 is 22.7 Å². The molecule has 2 fully saturated rings. The van der Waals surface area contributed by atoms with Crippen LogP contribution in [0.4, 0.5) is 23.7 Å². The fourth-order valence-electron chi connectivity index (χ4n) is 5.11. The van der Waals surface area contributed by atoms with Gasteiger partial charge >= 0.3 is 12.4 Å². The average molecular weight is 505 g/mol. The number of amides is 2. The third-order valence-corrected chi connectivity index (χ3v) is 7.11. The van der Waals surface area contributed by atoms with Gasteiger partial charge in [0.25, 0.3) is 0 Å². The number of nitrogens with one attached hydrogen (secondary N) is 1. The second-order valence-corrected chi connectivity index (χ2v) is 9.76. The molecule has 0 radical (unpaired) electrons. The summed E-state index contributed by atoms with van der Waals surface area (Å²) in [6, 6.07) is 16.4. The molecule has 36 heavy (non-hydrogen) atoms. The Labute approximate surface area is 211 Å². The number of alkyl halides is 3. The number of ether oxygens (including phenoxy) is 1. The Morgan fingerprint density at radius 2 is 1.69 bits per heavy atom. The quantitative estimate of drug-likeness (QED) is 0.570. The van der Waals surface area contributed by atoms with Crippen LogP contribution in [0, 0.1) is 5.92 Å². The molecule has 196 valence electrons. The first-order chi connectivity index (χ1) is 17.3. The van der Waals surface area contributed by atoms with Crippen molar-refractivity contribution in [3.63, 3.8) is 0 Å². The lowest BCUT2D eigenvalue weighted by Gasteiger charge is -2.41. The van der Waals surface area contributed by atoms with Gasteiger partial charge in [-0.1, -0.05) is 30.3 Å². The summed E-state index contributed by atoms with van der Waals surface area (Å²) < 4.78 is 41.1. The van der Waals surface area contributed by atoms with E-state index in [1.807, 2.05) is 17.9 Å². The third kappa shape index (κ3) is 7.53. The molecule has 2 aliphatic rings. The van der Waals surface area contributed by atoms with E-state index < -0.39 is 6.36 Å². The SMILES string of the molecule is C[C@H]1CN(c2ccc(OC(F)(F)F)cc2)CCN1C(=O)NCCC1CCN(Cc2ccccc2)CC1. The predicted octanol–water partition coefficient (Wildman–Crippen LogP) is 5.11. The van der Waals surface area contributed by atoms with Gasteiger partial charge in [0.15, 0.2) is 0 Å². The van der Waals surface area contributed by atoms with Crippen LogP contribution in [-0.2, 0) is 6.54 Å². The molecular weight excluding hydrogens is 469 g/mol. The van der Waals surface area contributed by atoms with Crippen LogP contribution in [0.5, 0.6) is 5.75 Å². The number of carbonyl (C=O) groups is 1. The van der Waals surface area contributed by atoms with Gasteiger partial charge in [-0.05, 0) is 75.0 Å². The van der Waals surface area contributed by atoms with Gasteiger partial charge in [0.2, 0.25) is 0 Å². The summed E-state index contributed by atoms with van der Waals surface area (Å²) in [5, 5.41) is 3.10. The Balaban J connectivity index is 1.15. The predicted molar refractivity (Wildman–Crippen MR) is 134 cm³/mol. The fourth-order valence-corrected chi connectivity index (χ4v) is 5.11. The maximum Gasteiger partial charge on any atom is 0.573 e. The molecule has 0 spiro atoms. The molecule has 4 rings (SSSR count). The minimum Gasteiger partial charge on any atom is -0.406 e. The van der Waals surface area contributed by atoms with Crippen molar-refractivity contribution in [3.05, 3.63) is 60.2 Å². The number of anilines is 1. The van der Waals surface area contributed by atoms with E-state index >= 15 is 0 Å². The largest absolute Gasteiger partial charge is 0.573 e. The number of benzene rings is 2. The molecule has 6 nitrogen and oxygen atoms in total. The van der Waals surface area contributed by atoms with Gasteiger partial charge in [-0.15, -0.1) is 13.2 Å². The zero-order chi connectivity index (χ0) is 25.5. The molecule has 0 aliphatic carbocycles. The van der Waals surface area contributed by atoms with Gasteiger partial charge in [0, 0.05) is 44.5 Å². The minimum atomic E-state index is -4.70. The lowest BCUT2D eigenvalue weighted by Crippen LogP contribution is -2.56. The number of carbonyl (C=O) groups excluding carboxylic acids is 1. The van der Waals surface area contributed by atoms with Crippen LogP contribution in [0.3, 0.4) is 0 Å². The Hall–Kier alpha value is -2.94. The molecule has 9 heteroatoms. The maximum absolute atomic E-state index is 12.8. The van der Waals surface area contributed by atoms with Crippen LogP contribution in [-0.4, -0.2) is 67.5 Å². The van der Waals surface area contributed by atoms with Gasteiger partial charge in [0.1, 0.15) is 5.75 Å². The number of piperazine rings is 1. The molecule has 0 aromatic heterocycles. The highest BCUT2D eigenvalue weighted by Gasteiger charge is 2.31. The molecule has 0 saturated carbocycles. The van der Waals surface area contributed by atoms with Crippen LogP contribution in [0.2, 0.25) is 0 Å². The summed E-state index contributed by atoms with van der Waals surface area (Å²) in [5.74, 6) is 0.398. The Kier molecular flexibility index (Phi) is 8.61. The van der Waals surface area contributed by atoms with Crippen LogP contribution >= 0.6 is 0 Å². The first kappa shape index (κ1) is 26.1. The third-order valence-electron chi connectivity index (χ3n) is 7.11. The zero-order valence-corrected chi connectivity index (χ0v) is 20.7. The van der Waals surface area contributed by atoms with Crippen molar-refractivity contribution in [3.8, 4) is 5.75 Å². The zero-order valence-electron chi connectivity index (χ0n) is 20.7. The summed E-state index contributed by atoms with van der Waals surface area (Å²) in [6.07, 6.45) is -1.39. The Morgan fingerprint density at radius 3 is 2.33 bits per heavy atom. The lowest BCUT2D eigenvalue weighted by molar-refractivity contribution is -0.274. The van der Waals surface area contributed by atoms with E-state index in [0.717, 1.165) is 44.6 Å². The van der Waals surface area contributed by atoms with E-state index in [1.54, 1.807) is 12.1 Å². The molecule has 2 aromatic rings. The van der Waals surface area contributed by atoms with Gasteiger partial charge in [0.05, 0.1) is 0 Å². The second-order valence-electron chi connectivity index (χ2n) is 9.76. The molecular formula is C27H35F3N4O2. The van der Waals surface area contributed by atoms with E-state index in [1.165, 1.54) is 17.7 Å². The Bertz CT molecular complexity index is 963. The lowest BCUT2D eigenvalue weighted by atomic mass is 9.93. The van der Waals surface area contributed by atoms with Gasteiger partial charge in [-0.2, -0.15) is 0 Å². The number of urea groups is 1. The number of nitrogens with zero attached hydrogens (tertiary/aromatic N) is 3. The molecule has 2 heterocycles. The molecule has 1 N–H and O–H groups in total. The van der Waals surface area contributed by atoms with Crippen LogP contribution in [0.15, 0.2) is 54.6 Å². The number of halogens is 3. The van der Waals surface area contributed by atoms with Gasteiger partial charge in [-0.25, -0.2) is 4.79 Å². The molecule has 0 bridgehead atoms. The smallest absolute Gasteiger partial charge is 0.406 e. The van der Waals surface area contributed by atoms with E-state index in [4.69, 9.17) is 0 Å². The highest BCUT2D eigenvalue weighted by atomic mass is 19.4. The van der Waals surface area contributed by atoms with Crippen LogP contribution in [0.25, 0.3) is 0 Å². The first-order valence-electron chi connectivity index (χ1n) is 12.7. The van der Waals surface area contributed by atoms with Gasteiger partial charge in [-0.3, -0.25) is 4.90 Å². The molecule has 1 atom stereocenters. The number of hydrogen-bond donors (Lipinski definition) is 1. The van der Waals surface area contributed by atoms with Crippen molar-refractivity contribution in [1.29, 1.82) is 0 Å². The summed E-state index contributed by atoms with van der Waals surface area (Å²) in [6.45, 7) is 7.66. The molecule has 2 saturated heterocycles. The highest BCUT2D eigenvalue weighted by molar-refractivity contribution is 5.75. The summed E-state index contributed by atoms with van der Waals surface area (Å²) in [7, 11) is 0. The molecule has 2 aliphatic heterocycles. The summed E-state index contributed by atoms with van der Waals surface area (Å²) in [5.41, 5.74) is 2.17. The van der Waals surface area contributed by atoms with Crippen LogP contribution in [0.1, 0.15) is 31.7 Å². The standard InChI is InChI=1S/C27H35F3N4O2/c1-21-19-33(24-7-9-25(10-8-24)36-27(28,29)30)17-18-34(21)26(35)31-14-11-22-12-15-32(16-13-22)20-23-5-3-2-4-6-23/h2-10,21-22H,11-20H2,1H3,(H,31,35)/t21-/m0/s1. The minimum absolute atomic E-state index is 0.00826. The van der Waals surface area contributed by atoms with E-state index in [-0.39, 0.29) is 17.8 Å². The molecule has 2 aromatic carbocycles. The van der Waals surface area contributed by atoms with Crippen molar-refractivity contribution >= 4 is 11.7 Å². The number of rotatable bonds is 7. The molecule has 0 unspecified atom stereocenters. The topological polar surface area (TPSA) is 48.1 Å². The van der Waals surface area contributed by atoms with Gasteiger partial charge < -0.3 is 19.9 Å². The number of piperidine rings is 1. The fraction of sp³-hybridized carbons (Fsp3) is 0.519. The number of hydrogen-bond acceptors (Lipinski definition) is 4. The van der Waals surface area contributed by atoms with E-state index in [2.05, 4.69) is 44.1 Å².